The summed E-state index contributed by atoms with van der Waals surface area (Å²) in [6, 6.07) is 19.0. The van der Waals surface area contributed by atoms with E-state index >= 15 is 0 Å². The van der Waals surface area contributed by atoms with Gasteiger partial charge >= 0.3 is 0 Å². The van der Waals surface area contributed by atoms with Gasteiger partial charge in [0.15, 0.2) is 9.84 Å². The van der Waals surface area contributed by atoms with Gasteiger partial charge in [0, 0.05) is 50.0 Å². The number of nitrogens with one attached hydrogen (secondary N) is 1. The lowest BCUT2D eigenvalue weighted by molar-refractivity contribution is 0.0951. The summed E-state index contributed by atoms with van der Waals surface area (Å²) in [7, 11) is -1.37. The smallest absolute Gasteiger partial charge is 0.251 e. The van der Waals surface area contributed by atoms with Crippen molar-refractivity contribution in [3.05, 3.63) is 89.6 Å². The van der Waals surface area contributed by atoms with Crippen LogP contribution < -0.4 is 10.2 Å². The van der Waals surface area contributed by atoms with E-state index in [1.165, 1.54) is 0 Å². The first-order valence-corrected chi connectivity index (χ1v) is 12.6. The van der Waals surface area contributed by atoms with Crippen molar-refractivity contribution in [2.45, 2.75) is 17.2 Å². The zero-order valence-electron chi connectivity index (χ0n) is 18.6. The van der Waals surface area contributed by atoms with Gasteiger partial charge in [0.05, 0.1) is 10.6 Å². The van der Waals surface area contributed by atoms with Gasteiger partial charge in [-0.2, -0.15) is 0 Å². The Bertz CT molecular complexity index is 1210. The van der Waals surface area contributed by atoms with E-state index in [-0.39, 0.29) is 16.6 Å². The average Bonchev–Trinajstić information content (AvgIpc) is 2.84. The van der Waals surface area contributed by atoms with Gasteiger partial charge < -0.3 is 15.1 Å². The molecule has 1 N–H and O–H groups in total. The SMILES string of the molecule is CN1CCN(c2ncccc2CNC(=O)c2cccc(CS(=O)(=O)c3ccccc3)c2)CC1. The van der Waals surface area contributed by atoms with Crippen LogP contribution in [0.3, 0.4) is 0 Å². The van der Waals surface area contributed by atoms with Crippen LogP contribution in [0.4, 0.5) is 5.82 Å². The van der Waals surface area contributed by atoms with E-state index in [1.807, 2.05) is 12.1 Å². The van der Waals surface area contributed by atoms with E-state index < -0.39 is 9.84 Å². The molecular formula is C25H28N4O3S. The van der Waals surface area contributed by atoms with Crippen LogP contribution >= 0.6 is 0 Å². The Morgan fingerprint density at radius 2 is 1.73 bits per heavy atom. The molecule has 172 valence electrons. The topological polar surface area (TPSA) is 82.6 Å². The molecule has 1 fully saturated rings. The van der Waals surface area contributed by atoms with Crippen LogP contribution in [0.15, 0.2) is 77.8 Å². The van der Waals surface area contributed by atoms with Crippen LogP contribution in [-0.4, -0.2) is 57.4 Å². The van der Waals surface area contributed by atoms with Gasteiger partial charge in [-0.05, 0) is 42.9 Å². The molecule has 0 bridgehead atoms. The van der Waals surface area contributed by atoms with E-state index in [9.17, 15) is 13.2 Å². The van der Waals surface area contributed by atoms with Gasteiger partial charge in [0.2, 0.25) is 0 Å². The average molecular weight is 465 g/mol. The molecule has 0 aliphatic carbocycles. The van der Waals surface area contributed by atoms with Crippen LogP contribution in [0.2, 0.25) is 0 Å². The van der Waals surface area contributed by atoms with E-state index in [1.54, 1.807) is 60.8 Å². The molecule has 1 aromatic heterocycles. The summed E-state index contributed by atoms with van der Waals surface area (Å²) in [6.45, 7) is 4.09. The van der Waals surface area contributed by atoms with Gasteiger partial charge in [0.1, 0.15) is 5.82 Å². The minimum atomic E-state index is -3.48. The Kier molecular flexibility index (Phi) is 7.05. The van der Waals surface area contributed by atoms with Crippen molar-refractivity contribution in [3.63, 3.8) is 0 Å². The third-order valence-corrected chi connectivity index (χ3v) is 7.46. The highest BCUT2D eigenvalue weighted by Gasteiger charge is 2.19. The summed E-state index contributed by atoms with van der Waals surface area (Å²) < 4.78 is 25.4. The van der Waals surface area contributed by atoms with Crippen molar-refractivity contribution < 1.29 is 13.2 Å². The highest BCUT2D eigenvalue weighted by Crippen LogP contribution is 2.20. The molecule has 2 aromatic carbocycles. The third kappa shape index (κ3) is 5.77. The van der Waals surface area contributed by atoms with E-state index in [0.717, 1.165) is 37.6 Å². The normalized spacial score (nSPS) is 14.8. The molecule has 1 aliphatic rings. The number of amides is 1. The molecule has 1 amide bonds. The molecule has 0 radical (unpaired) electrons. The molecule has 0 spiro atoms. The number of carbonyl (C=O) groups is 1. The quantitative estimate of drug-likeness (QED) is 0.579. The summed E-state index contributed by atoms with van der Waals surface area (Å²) in [5.74, 6) is 0.490. The maximum absolute atomic E-state index is 12.8. The predicted molar refractivity (Wildman–Crippen MR) is 129 cm³/mol. The van der Waals surface area contributed by atoms with E-state index in [4.69, 9.17) is 0 Å². The largest absolute Gasteiger partial charge is 0.354 e. The number of hydrogen-bond donors (Lipinski definition) is 1. The molecule has 0 unspecified atom stereocenters. The maximum atomic E-state index is 12.8. The van der Waals surface area contributed by atoms with E-state index in [0.29, 0.717) is 17.7 Å². The number of carbonyl (C=O) groups excluding carboxylic acids is 1. The molecule has 8 heteroatoms. The van der Waals surface area contributed by atoms with Crippen LogP contribution in [0.25, 0.3) is 0 Å². The number of sulfone groups is 1. The Hall–Kier alpha value is -3.23. The van der Waals surface area contributed by atoms with Crippen LogP contribution in [0.1, 0.15) is 21.5 Å². The van der Waals surface area contributed by atoms with Gasteiger partial charge in [0.25, 0.3) is 5.91 Å². The maximum Gasteiger partial charge on any atom is 0.251 e. The second-order valence-electron chi connectivity index (χ2n) is 8.23. The zero-order valence-corrected chi connectivity index (χ0v) is 19.5. The monoisotopic (exact) mass is 464 g/mol. The number of piperazine rings is 1. The summed E-state index contributed by atoms with van der Waals surface area (Å²) in [4.78, 5) is 22.2. The predicted octanol–water partition coefficient (Wildman–Crippen LogP) is 2.74. The minimum Gasteiger partial charge on any atom is -0.354 e. The number of anilines is 1. The van der Waals surface area contributed by atoms with Crippen molar-refractivity contribution in [1.82, 2.24) is 15.2 Å². The summed E-state index contributed by atoms with van der Waals surface area (Å²) in [5, 5.41) is 2.96. The molecule has 0 saturated carbocycles. The number of nitrogens with zero attached hydrogens (tertiary/aromatic N) is 3. The Balaban J connectivity index is 1.43. The summed E-state index contributed by atoms with van der Waals surface area (Å²) >= 11 is 0. The second-order valence-corrected chi connectivity index (χ2v) is 10.2. The summed E-state index contributed by atoms with van der Waals surface area (Å²) in [6.07, 6.45) is 1.77. The molecule has 2 heterocycles. The van der Waals surface area contributed by atoms with Gasteiger partial charge in [-0.25, -0.2) is 13.4 Å². The number of hydrogen-bond acceptors (Lipinski definition) is 6. The fourth-order valence-electron chi connectivity index (χ4n) is 3.88. The lowest BCUT2D eigenvalue weighted by Gasteiger charge is -2.34. The molecule has 1 aliphatic heterocycles. The van der Waals surface area contributed by atoms with Crippen molar-refractivity contribution in [1.29, 1.82) is 0 Å². The Morgan fingerprint density at radius 1 is 0.970 bits per heavy atom. The number of rotatable bonds is 7. The highest BCUT2D eigenvalue weighted by molar-refractivity contribution is 7.90. The fraction of sp³-hybridized carbons (Fsp3) is 0.280. The Labute approximate surface area is 195 Å². The Morgan fingerprint density at radius 3 is 2.48 bits per heavy atom. The van der Waals surface area contributed by atoms with E-state index in [2.05, 4.69) is 27.1 Å². The third-order valence-electron chi connectivity index (χ3n) is 5.76. The van der Waals surface area contributed by atoms with Crippen LogP contribution in [-0.2, 0) is 22.1 Å². The lowest BCUT2D eigenvalue weighted by atomic mass is 10.1. The summed E-state index contributed by atoms with van der Waals surface area (Å²) in [5.41, 5.74) is 1.96. The minimum absolute atomic E-state index is 0.158. The van der Waals surface area contributed by atoms with Crippen molar-refractivity contribution in [3.8, 4) is 0 Å². The zero-order chi connectivity index (χ0) is 23.3. The van der Waals surface area contributed by atoms with Gasteiger partial charge in [-0.3, -0.25) is 4.79 Å². The van der Waals surface area contributed by atoms with Crippen molar-refractivity contribution >= 4 is 21.6 Å². The fourth-order valence-corrected chi connectivity index (χ4v) is 5.24. The number of likely N-dealkylation sites (N-methyl/N-ethyl adjacent to an activating group) is 1. The molecule has 3 aromatic rings. The standard InChI is InChI=1S/C25H28N4O3S/c1-28-13-15-29(16-14-28)24-22(9-6-12-26-24)18-27-25(30)21-8-5-7-20(17-21)19-33(31,32)23-10-3-2-4-11-23/h2-12,17H,13-16,18-19H2,1H3,(H,27,30). The first kappa shape index (κ1) is 22.9. The molecule has 1 saturated heterocycles. The first-order chi connectivity index (χ1) is 15.9. The molecule has 4 rings (SSSR count). The van der Waals surface area contributed by atoms with Gasteiger partial charge in [-0.1, -0.05) is 36.4 Å². The number of pyridine rings is 1. The van der Waals surface area contributed by atoms with Crippen LogP contribution in [0, 0.1) is 0 Å². The second kappa shape index (κ2) is 10.1. The number of aromatic nitrogens is 1. The molecular weight excluding hydrogens is 436 g/mol. The number of benzene rings is 2. The molecule has 33 heavy (non-hydrogen) atoms. The lowest BCUT2D eigenvalue weighted by Crippen LogP contribution is -2.45. The van der Waals surface area contributed by atoms with Crippen LogP contribution in [0.5, 0.6) is 0 Å². The first-order valence-electron chi connectivity index (χ1n) is 10.9. The van der Waals surface area contributed by atoms with Crippen molar-refractivity contribution in [2.75, 3.05) is 38.1 Å². The highest BCUT2D eigenvalue weighted by atomic mass is 32.2. The van der Waals surface area contributed by atoms with Crippen molar-refractivity contribution in [2.24, 2.45) is 0 Å². The molecule has 0 atom stereocenters. The molecule has 7 nitrogen and oxygen atoms in total. The van der Waals surface area contributed by atoms with Gasteiger partial charge in [-0.15, -0.1) is 0 Å².